The number of halogens is 1. The van der Waals surface area contributed by atoms with Crippen LogP contribution in [-0.2, 0) is 6.42 Å². The summed E-state index contributed by atoms with van der Waals surface area (Å²) in [5.74, 6) is 0.492. The highest BCUT2D eigenvalue weighted by atomic mass is 35.5. The zero-order chi connectivity index (χ0) is 11.8. The predicted octanol–water partition coefficient (Wildman–Crippen LogP) is 3.89. The summed E-state index contributed by atoms with van der Waals surface area (Å²) in [6, 6.07) is 6.44. The first-order chi connectivity index (χ1) is 7.50. The third-order valence-corrected chi connectivity index (χ3v) is 3.82. The van der Waals surface area contributed by atoms with Gasteiger partial charge in [0.2, 0.25) is 0 Å². The standard InChI is InChI=1S/C14H20ClN/c1-10(2)12-4-3-11(9-13(12)15)5-6-14(16)7-8-14/h3-4,9-10H,5-8,16H2,1-2H3. The fourth-order valence-corrected chi connectivity index (χ4v) is 2.42. The molecule has 0 aliphatic heterocycles. The summed E-state index contributed by atoms with van der Waals surface area (Å²) in [7, 11) is 0. The van der Waals surface area contributed by atoms with Crippen molar-refractivity contribution in [3.05, 3.63) is 34.3 Å². The molecule has 1 saturated carbocycles. The fraction of sp³-hybridized carbons (Fsp3) is 0.571. The Morgan fingerprint density at radius 2 is 2.06 bits per heavy atom. The van der Waals surface area contributed by atoms with E-state index in [4.69, 9.17) is 17.3 Å². The van der Waals surface area contributed by atoms with Crippen LogP contribution in [0, 0.1) is 0 Å². The highest BCUT2D eigenvalue weighted by Gasteiger charge is 2.37. The van der Waals surface area contributed by atoms with E-state index in [-0.39, 0.29) is 5.54 Å². The van der Waals surface area contributed by atoms with E-state index in [0.29, 0.717) is 5.92 Å². The molecule has 88 valence electrons. The van der Waals surface area contributed by atoms with Crippen LogP contribution < -0.4 is 5.73 Å². The van der Waals surface area contributed by atoms with Crippen molar-refractivity contribution in [3.8, 4) is 0 Å². The van der Waals surface area contributed by atoms with E-state index in [2.05, 4.69) is 32.0 Å². The Balaban J connectivity index is 2.03. The lowest BCUT2D eigenvalue weighted by Gasteiger charge is -2.12. The molecule has 0 radical (unpaired) electrons. The molecule has 0 heterocycles. The highest BCUT2D eigenvalue weighted by molar-refractivity contribution is 6.31. The Labute approximate surface area is 103 Å². The summed E-state index contributed by atoms with van der Waals surface area (Å²) >= 11 is 6.26. The number of nitrogens with two attached hydrogens (primary N) is 1. The molecule has 1 fully saturated rings. The summed E-state index contributed by atoms with van der Waals surface area (Å²) in [4.78, 5) is 0. The smallest absolute Gasteiger partial charge is 0.0443 e. The molecule has 2 rings (SSSR count). The second-order valence-corrected chi connectivity index (χ2v) is 5.78. The van der Waals surface area contributed by atoms with Crippen molar-refractivity contribution in [2.75, 3.05) is 0 Å². The van der Waals surface area contributed by atoms with Crippen molar-refractivity contribution in [2.45, 2.75) is 51.0 Å². The van der Waals surface area contributed by atoms with E-state index in [1.807, 2.05) is 0 Å². The SMILES string of the molecule is CC(C)c1ccc(CCC2(N)CC2)cc1Cl. The number of hydrogen-bond donors (Lipinski definition) is 1. The maximum Gasteiger partial charge on any atom is 0.0443 e. The fourth-order valence-electron chi connectivity index (χ4n) is 2.00. The highest BCUT2D eigenvalue weighted by Crippen LogP contribution is 2.37. The average molecular weight is 238 g/mol. The van der Waals surface area contributed by atoms with Crippen LogP contribution in [-0.4, -0.2) is 5.54 Å². The quantitative estimate of drug-likeness (QED) is 0.845. The van der Waals surface area contributed by atoms with Crippen LogP contribution in [0.15, 0.2) is 18.2 Å². The predicted molar refractivity (Wildman–Crippen MR) is 70.0 cm³/mol. The van der Waals surface area contributed by atoms with E-state index in [1.54, 1.807) is 0 Å². The normalized spacial score (nSPS) is 17.8. The molecule has 1 aliphatic carbocycles. The van der Waals surface area contributed by atoms with Gasteiger partial charge in [0.15, 0.2) is 0 Å². The minimum Gasteiger partial charge on any atom is -0.325 e. The molecular weight excluding hydrogens is 218 g/mol. The van der Waals surface area contributed by atoms with E-state index in [1.165, 1.54) is 24.0 Å². The van der Waals surface area contributed by atoms with Crippen LogP contribution in [0.4, 0.5) is 0 Å². The number of aryl methyl sites for hydroxylation is 1. The van der Waals surface area contributed by atoms with Gasteiger partial charge >= 0.3 is 0 Å². The molecule has 0 bridgehead atoms. The molecular formula is C14H20ClN. The van der Waals surface area contributed by atoms with Gasteiger partial charge in [-0.05, 0) is 48.8 Å². The molecule has 0 aromatic heterocycles. The minimum absolute atomic E-state index is 0.142. The Morgan fingerprint density at radius 3 is 2.56 bits per heavy atom. The van der Waals surface area contributed by atoms with E-state index in [9.17, 15) is 0 Å². The maximum absolute atomic E-state index is 6.26. The first-order valence-electron chi connectivity index (χ1n) is 6.07. The summed E-state index contributed by atoms with van der Waals surface area (Å²) in [6.07, 6.45) is 4.51. The molecule has 1 aromatic rings. The number of hydrogen-bond acceptors (Lipinski definition) is 1. The summed E-state index contributed by atoms with van der Waals surface area (Å²) in [5, 5.41) is 0.898. The Hall–Kier alpha value is -0.530. The molecule has 0 saturated heterocycles. The molecule has 0 unspecified atom stereocenters. The van der Waals surface area contributed by atoms with Gasteiger partial charge in [0, 0.05) is 10.6 Å². The molecule has 1 nitrogen and oxygen atoms in total. The largest absolute Gasteiger partial charge is 0.325 e. The summed E-state index contributed by atoms with van der Waals surface area (Å²) in [6.45, 7) is 4.33. The molecule has 0 amide bonds. The third kappa shape index (κ3) is 2.78. The van der Waals surface area contributed by atoms with Gasteiger partial charge in [0.05, 0.1) is 0 Å². The van der Waals surface area contributed by atoms with E-state index >= 15 is 0 Å². The lowest BCUT2D eigenvalue weighted by atomic mass is 9.98. The number of benzene rings is 1. The van der Waals surface area contributed by atoms with Crippen LogP contribution in [0.25, 0.3) is 0 Å². The zero-order valence-electron chi connectivity index (χ0n) is 10.1. The first-order valence-corrected chi connectivity index (χ1v) is 6.45. The second-order valence-electron chi connectivity index (χ2n) is 5.37. The van der Waals surface area contributed by atoms with Crippen molar-refractivity contribution >= 4 is 11.6 Å². The Bertz CT molecular complexity index is 380. The van der Waals surface area contributed by atoms with Crippen molar-refractivity contribution in [3.63, 3.8) is 0 Å². The van der Waals surface area contributed by atoms with Gasteiger partial charge in [0.25, 0.3) is 0 Å². The van der Waals surface area contributed by atoms with Gasteiger partial charge < -0.3 is 5.73 Å². The minimum atomic E-state index is 0.142. The molecule has 1 aliphatic rings. The van der Waals surface area contributed by atoms with Crippen LogP contribution >= 0.6 is 11.6 Å². The van der Waals surface area contributed by atoms with Gasteiger partial charge in [-0.15, -0.1) is 0 Å². The zero-order valence-corrected chi connectivity index (χ0v) is 10.8. The summed E-state index contributed by atoms with van der Waals surface area (Å²) in [5.41, 5.74) is 8.77. The maximum atomic E-state index is 6.26. The van der Waals surface area contributed by atoms with Gasteiger partial charge in [-0.3, -0.25) is 0 Å². The van der Waals surface area contributed by atoms with E-state index in [0.717, 1.165) is 17.9 Å². The average Bonchev–Trinajstić information content (AvgIpc) is 2.94. The van der Waals surface area contributed by atoms with Crippen LogP contribution in [0.3, 0.4) is 0 Å². The van der Waals surface area contributed by atoms with Gasteiger partial charge in [-0.1, -0.05) is 37.6 Å². The van der Waals surface area contributed by atoms with Gasteiger partial charge in [0.1, 0.15) is 0 Å². The van der Waals surface area contributed by atoms with Crippen molar-refractivity contribution < 1.29 is 0 Å². The molecule has 0 atom stereocenters. The number of rotatable bonds is 4. The second kappa shape index (κ2) is 4.38. The molecule has 2 heteroatoms. The van der Waals surface area contributed by atoms with Crippen LogP contribution in [0.5, 0.6) is 0 Å². The van der Waals surface area contributed by atoms with Gasteiger partial charge in [-0.2, -0.15) is 0 Å². The van der Waals surface area contributed by atoms with Crippen molar-refractivity contribution in [1.82, 2.24) is 0 Å². The lowest BCUT2D eigenvalue weighted by molar-refractivity contribution is 0.609. The first kappa shape index (κ1) is 11.9. The Morgan fingerprint density at radius 1 is 1.38 bits per heavy atom. The molecule has 1 aromatic carbocycles. The monoisotopic (exact) mass is 237 g/mol. The van der Waals surface area contributed by atoms with E-state index < -0.39 is 0 Å². The van der Waals surface area contributed by atoms with Crippen molar-refractivity contribution in [1.29, 1.82) is 0 Å². The molecule has 2 N–H and O–H groups in total. The summed E-state index contributed by atoms with van der Waals surface area (Å²) < 4.78 is 0. The van der Waals surface area contributed by atoms with Crippen LogP contribution in [0.1, 0.15) is 50.2 Å². The molecule has 16 heavy (non-hydrogen) atoms. The molecule has 0 spiro atoms. The van der Waals surface area contributed by atoms with Crippen LogP contribution in [0.2, 0.25) is 5.02 Å². The van der Waals surface area contributed by atoms with Crippen molar-refractivity contribution in [2.24, 2.45) is 5.73 Å². The van der Waals surface area contributed by atoms with Gasteiger partial charge in [-0.25, -0.2) is 0 Å². The Kier molecular flexibility index (Phi) is 3.27. The third-order valence-electron chi connectivity index (χ3n) is 3.49. The topological polar surface area (TPSA) is 26.0 Å². The lowest BCUT2D eigenvalue weighted by Crippen LogP contribution is -2.22.